The number of hydrogen-bond donors (Lipinski definition) is 2. The molecule has 1 saturated heterocycles. The Kier molecular flexibility index (Phi) is 4.96. The second-order valence-corrected chi connectivity index (χ2v) is 7.04. The van der Waals surface area contributed by atoms with Crippen LogP contribution in [0.2, 0.25) is 0 Å². The highest BCUT2D eigenvalue weighted by atomic mass is 16.6. The van der Waals surface area contributed by atoms with Gasteiger partial charge in [-0.3, -0.25) is 5.32 Å². The molecule has 1 fully saturated rings. The molecule has 2 atom stereocenters. The number of benzene rings is 1. The fourth-order valence-electron chi connectivity index (χ4n) is 2.65. The first-order valence-electron chi connectivity index (χ1n) is 7.80. The van der Waals surface area contributed by atoms with Crippen LogP contribution in [0.3, 0.4) is 0 Å². The first-order valence-corrected chi connectivity index (χ1v) is 7.80. The van der Waals surface area contributed by atoms with Crippen LogP contribution in [-0.4, -0.2) is 42.3 Å². The molecule has 0 bridgehead atoms. The van der Waals surface area contributed by atoms with Crippen LogP contribution < -0.4 is 10.6 Å². The van der Waals surface area contributed by atoms with Gasteiger partial charge < -0.3 is 15.0 Å². The first kappa shape index (κ1) is 16.6. The zero-order valence-electron chi connectivity index (χ0n) is 14.1. The number of nitrogens with one attached hydrogen (secondary N) is 2. The van der Waals surface area contributed by atoms with E-state index in [1.165, 1.54) is 0 Å². The van der Waals surface area contributed by atoms with E-state index >= 15 is 0 Å². The van der Waals surface area contributed by atoms with Crippen LogP contribution >= 0.6 is 0 Å². The lowest BCUT2D eigenvalue weighted by Crippen LogP contribution is -2.28. The molecule has 1 heterocycles. The summed E-state index contributed by atoms with van der Waals surface area (Å²) in [6, 6.07) is 8.70. The molecule has 1 aliphatic heterocycles. The number of hydrogen-bond acceptors (Lipinski definition) is 4. The second kappa shape index (κ2) is 6.57. The third-order valence-corrected chi connectivity index (χ3v) is 3.81. The molecule has 0 aromatic heterocycles. The molecule has 2 unspecified atom stereocenters. The summed E-state index contributed by atoms with van der Waals surface area (Å²) in [6.07, 6.45) is 0.663. The van der Waals surface area contributed by atoms with Crippen LogP contribution in [0.4, 0.5) is 16.2 Å². The van der Waals surface area contributed by atoms with E-state index in [4.69, 9.17) is 4.74 Å². The summed E-state index contributed by atoms with van der Waals surface area (Å²) in [4.78, 5) is 14.3. The second-order valence-electron chi connectivity index (χ2n) is 7.04. The van der Waals surface area contributed by atoms with Gasteiger partial charge in [0, 0.05) is 18.6 Å². The summed E-state index contributed by atoms with van der Waals surface area (Å²) in [5.41, 5.74) is 1.18. The summed E-state index contributed by atoms with van der Waals surface area (Å²) >= 11 is 0. The summed E-state index contributed by atoms with van der Waals surface area (Å²) in [7, 11) is 2.14. The molecule has 122 valence electrons. The average Bonchev–Trinajstić information content (AvgIpc) is 2.68. The Morgan fingerprint density at radius 1 is 1.27 bits per heavy atom. The predicted octanol–water partition coefficient (Wildman–Crippen LogP) is 3.54. The van der Waals surface area contributed by atoms with E-state index in [0.29, 0.717) is 12.1 Å². The molecule has 1 aromatic rings. The maximum atomic E-state index is 12.0. The maximum Gasteiger partial charge on any atom is 0.412 e. The van der Waals surface area contributed by atoms with E-state index in [9.17, 15) is 4.79 Å². The summed E-state index contributed by atoms with van der Waals surface area (Å²) < 4.78 is 5.31. The van der Waals surface area contributed by atoms with Crippen LogP contribution in [0, 0.1) is 0 Å². The van der Waals surface area contributed by atoms with Crippen molar-refractivity contribution in [2.24, 2.45) is 0 Å². The Hall–Kier alpha value is -1.75. The van der Waals surface area contributed by atoms with Crippen molar-refractivity contribution in [3.8, 4) is 0 Å². The number of carbonyl (C=O) groups excluding carboxylic acids is 1. The van der Waals surface area contributed by atoms with Crippen LogP contribution in [0.15, 0.2) is 24.3 Å². The number of likely N-dealkylation sites (tertiary alicyclic amines) is 1. The molecular weight excluding hydrogens is 278 g/mol. The van der Waals surface area contributed by atoms with Crippen molar-refractivity contribution >= 4 is 17.5 Å². The number of anilines is 2. The minimum absolute atomic E-state index is 0.390. The number of para-hydroxylation sites is 2. The highest BCUT2D eigenvalue weighted by Crippen LogP contribution is 2.26. The van der Waals surface area contributed by atoms with Gasteiger partial charge in [0.25, 0.3) is 0 Å². The first-order chi connectivity index (χ1) is 10.2. The largest absolute Gasteiger partial charge is 0.444 e. The van der Waals surface area contributed by atoms with Crippen molar-refractivity contribution in [1.29, 1.82) is 0 Å². The fraction of sp³-hybridized carbons (Fsp3) is 0.588. The van der Waals surface area contributed by atoms with E-state index < -0.39 is 11.7 Å². The Morgan fingerprint density at radius 3 is 2.45 bits per heavy atom. The summed E-state index contributed by atoms with van der Waals surface area (Å²) in [5, 5.41) is 6.35. The van der Waals surface area contributed by atoms with Gasteiger partial charge in [-0.15, -0.1) is 0 Å². The summed E-state index contributed by atoms with van der Waals surface area (Å²) in [5.74, 6) is 0. The van der Waals surface area contributed by atoms with Gasteiger partial charge in [0.1, 0.15) is 5.60 Å². The van der Waals surface area contributed by atoms with E-state index in [1.54, 1.807) is 0 Å². The van der Waals surface area contributed by atoms with E-state index in [0.717, 1.165) is 24.3 Å². The molecule has 1 amide bonds. The molecule has 1 aromatic carbocycles. The molecule has 0 saturated carbocycles. The van der Waals surface area contributed by atoms with Crippen molar-refractivity contribution < 1.29 is 9.53 Å². The van der Waals surface area contributed by atoms with Gasteiger partial charge >= 0.3 is 6.09 Å². The number of likely N-dealkylation sites (N-methyl/N-ethyl adjacent to an activating group) is 1. The molecule has 5 nitrogen and oxygen atoms in total. The zero-order valence-corrected chi connectivity index (χ0v) is 14.1. The van der Waals surface area contributed by atoms with Gasteiger partial charge in [-0.05, 0) is 53.3 Å². The fourth-order valence-corrected chi connectivity index (χ4v) is 2.65. The molecule has 0 aliphatic carbocycles. The van der Waals surface area contributed by atoms with Crippen LogP contribution in [0.5, 0.6) is 0 Å². The zero-order chi connectivity index (χ0) is 16.3. The van der Waals surface area contributed by atoms with Crippen LogP contribution in [0.1, 0.15) is 34.1 Å². The Bertz CT molecular complexity index is 515. The normalized spacial score (nSPS) is 22.4. The monoisotopic (exact) mass is 305 g/mol. The lowest BCUT2D eigenvalue weighted by Gasteiger charge is -2.21. The van der Waals surface area contributed by atoms with E-state index in [2.05, 4.69) is 29.5 Å². The van der Waals surface area contributed by atoms with Gasteiger partial charge in [0.05, 0.1) is 11.4 Å². The summed E-state index contributed by atoms with van der Waals surface area (Å²) in [6.45, 7) is 8.79. The Morgan fingerprint density at radius 2 is 1.91 bits per heavy atom. The molecule has 0 radical (unpaired) electrons. The Balaban J connectivity index is 2.02. The third kappa shape index (κ3) is 4.63. The minimum Gasteiger partial charge on any atom is -0.444 e. The van der Waals surface area contributed by atoms with Crippen molar-refractivity contribution in [3.05, 3.63) is 24.3 Å². The maximum absolute atomic E-state index is 12.0. The highest BCUT2D eigenvalue weighted by molar-refractivity contribution is 5.89. The van der Waals surface area contributed by atoms with Gasteiger partial charge in [0.15, 0.2) is 0 Å². The molecule has 0 spiro atoms. The lowest BCUT2D eigenvalue weighted by molar-refractivity contribution is 0.0636. The molecular formula is C17H27N3O2. The predicted molar refractivity (Wildman–Crippen MR) is 90.4 cm³/mol. The number of nitrogens with zero attached hydrogens (tertiary/aromatic N) is 1. The smallest absolute Gasteiger partial charge is 0.412 e. The Labute approximate surface area is 133 Å². The van der Waals surface area contributed by atoms with Crippen molar-refractivity contribution in [3.63, 3.8) is 0 Å². The highest BCUT2D eigenvalue weighted by Gasteiger charge is 2.26. The average molecular weight is 305 g/mol. The minimum atomic E-state index is -0.504. The van der Waals surface area contributed by atoms with Crippen molar-refractivity contribution in [2.45, 2.75) is 51.8 Å². The van der Waals surface area contributed by atoms with Crippen molar-refractivity contribution in [2.75, 3.05) is 24.2 Å². The third-order valence-electron chi connectivity index (χ3n) is 3.81. The van der Waals surface area contributed by atoms with Gasteiger partial charge in [-0.1, -0.05) is 12.1 Å². The molecule has 1 aliphatic rings. The lowest BCUT2D eigenvalue weighted by atomic mass is 10.1. The van der Waals surface area contributed by atoms with E-state index in [1.807, 2.05) is 45.0 Å². The molecule has 22 heavy (non-hydrogen) atoms. The molecule has 2 rings (SSSR count). The van der Waals surface area contributed by atoms with Gasteiger partial charge in [-0.25, -0.2) is 4.79 Å². The number of carbonyl (C=O) groups is 1. The van der Waals surface area contributed by atoms with Crippen molar-refractivity contribution in [1.82, 2.24) is 4.90 Å². The topological polar surface area (TPSA) is 53.6 Å². The quantitative estimate of drug-likeness (QED) is 0.897. The van der Waals surface area contributed by atoms with Crippen LogP contribution in [-0.2, 0) is 4.74 Å². The molecule has 5 heteroatoms. The van der Waals surface area contributed by atoms with Crippen LogP contribution in [0.25, 0.3) is 0 Å². The van der Waals surface area contributed by atoms with E-state index in [-0.39, 0.29) is 0 Å². The SMILES string of the molecule is CC1CC(Nc2ccccc2NC(=O)OC(C)(C)C)CN1C. The molecule has 2 N–H and O–H groups in total. The van der Waals surface area contributed by atoms with Gasteiger partial charge in [-0.2, -0.15) is 0 Å². The standard InChI is InChI=1S/C17H27N3O2/c1-12-10-13(11-20(12)5)18-14-8-6-7-9-15(14)19-16(21)22-17(2,3)4/h6-9,12-13,18H,10-11H2,1-5H3,(H,19,21). The number of rotatable bonds is 3. The number of amides is 1. The number of ether oxygens (including phenoxy) is 1. The van der Waals surface area contributed by atoms with Gasteiger partial charge in [0.2, 0.25) is 0 Å².